The molecule has 0 aromatic carbocycles. The fraction of sp³-hybridized carbons (Fsp3) is 0.929. The summed E-state index contributed by atoms with van der Waals surface area (Å²) in [5.41, 5.74) is 0. The van der Waals surface area contributed by atoms with Gasteiger partial charge in [0.25, 0.3) is 0 Å². The fourth-order valence-electron chi connectivity index (χ4n) is 3.83. The van der Waals surface area contributed by atoms with E-state index in [1.54, 1.807) is 0 Å². The summed E-state index contributed by atoms with van der Waals surface area (Å²) in [6.07, 6.45) is 7.17. The number of amides is 1. The maximum absolute atomic E-state index is 11.2. The Morgan fingerprint density at radius 2 is 2.17 bits per heavy atom. The minimum Gasteiger partial charge on any atom is -0.352 e. The highest BCUT2D eigenvalue weighted by Crippen LogP contribution is 2.25. The topological polar surface area (TPSA) is 44.4 Å². The average Bonchev–Trinajstić information content (AvgIpc) is 3.01. The molecule has 3 unspecified atom stereocenters. The summed E-state index contributed by atoms with van der Waals surface area (Å²) >= 11 is 0. The molecular formula is C14H25N3O. The quantitative estimate of drug-likeness (QED) is 0.777. The molecule has 3 aliphatic rings. The van der Waals surface area contributed by atoms with Crippen LogP contribution in [0.4, 0.5) is 0 Å². The molecule has 102 valence electrons. The van der Waals surface area contributed by atoms with E-state index in [0.717, 1.165) is 31.3 Å². The van der Waals surface area contributed by atoms with Gasteiger partial charge in [0.05, 0.1) is 0 Å². The first kappa shape index (κ1) is 12.4. The second kappa shape index (κ2) is 5.57. The molecule has 3 fully saturated rings. The van der Waals surface area contributed by atoms with E-state index in [1.807, 2.05) is 0 Å². The largest absolute Gasteiger partial charge is 0.352 e. The molecule has 0 aromatic heterocycles. The van der Waals surface area contributed by atoms with Crippen LogP contribution in [0.2, 0.25) is 0 Å². The molecule has 4 heteroatoms. The van der Waals surface area contributed by atoms with Crippen molar-refractivity contribution in [2.24, 2.45) is 5.92 Å². The van der Waals surface area contributed by atoms with Crippen molar-refractivity contribution in [1.82, 2.24) is 15.5 Å². The van der Waals surface area contributed by atoms with Crippen LogP contribution in [0.5, 0.6) is 0 Å². The van der Waals surface area contributed by atoms with Crippen LogP contribution in [0.1, 0.15) is 38.5 Å². The van der Waals surface area contributed by atoms with E-state index in [-0.39, 0.29) is 5.91 Å². The summed E-state index contributed by atoms with van der Waals surface area (Å²) in [5.74, 6) is 1.07. The second-order valence-corrected chi connectivity index (χ2v) is 6.17. The Labute approximate surface area is 109 Å². The Balaban J connectivity index is 1.49. The zero-order valence-electron chi connectivity index (χ0n) is 11.2. The van der Waals surface area contributed by atoms with Gasteiger partial charge in [0.2, 0.25) is 5.91 Å². The number of nitrogens with zero attached hydrogens (tertiary/aromatic N) is 1. The minimum absolute atomic E-state index is 0.242. The minimum atomic E-state index is 0.242. The van der Waals surface area contributed by atoms with Gasteiger partial charge in [0.1, 0.15) is 0 Å². The Kier molecular flexibility index (Phi) is 3.85. The van der Waals surface area contributed by atoms with Crippen LogP contribution < -0.4 is 10.6 Å². The lowest BCUT2D eigenvalue weighted by molar-refractivity contribution is -0.119. The molecule has 3 rings (SSSR count). The second-order valence-electron chi connectivity index (χ2n) is 6.17. The van der Waals surface area contributed by atoms with Gasteiger partial charge in [0.15, 0.2) is 0 Å². The van der Waals surface area contributed by atoms with Gasteiger partial charge in [-0.1, -0.05) is 0 Å². The van der Waals surface area contributed by atoms with Gasteiger partial charge >= 0.3 is 0 Å². The SMILES string of the molecule is O=C1CCC(CN2CCCC(C3CCCN3)C2)N1. The molecule has 2 N–H and O–H groups in total. The van der Waals surface area contributed by atoms with E-state index in [1.165, 1.54) is 45.3 Å². The zero-order chi connectivity index (χ0) is 12.4. The van der Waals surface area contributed by atoms with Crippen LogP contribution in [0.25, 0.3) is 0 Å². The molecule has 0 saturated carbocycles. The fourth-order valence-corrected chi connectivity index (χ4v) is 3.83. The number of nitrogens with one attached hydrogen (secondary N) is 2. The number of rotatable bonds is 3. The summed E-state index contributed by atoms with van der Waals surface area (Å²) < 4.78 is 0. The molecule has 0 spiro atoms. The van der Waals surface area contributed by atoms with E-state index in [9.17, 15) is 4.79 Å². The standard InChI is InChI=1S/C14H25N3O/c18-14-6-5-12(16-14)10-17-8-2-3-11(9-17)13-4-1-7-15-13/h11-13,15H,1-10H2,(H,16,18). The number of carbonyl (C=O) groups excluding carboxylic acids is 1. The van der Waals surface area contributed by atoms with Crippen LogP contribution in [0.15, 0.2) is 0 Å². The Morgan fingerprint density at radius 1 is 1.22 bits per heavy atom. The first-order valence-electron chi connectivity index (χ1n) is 7.56. The van der Waals surface area contributed by atoms with Crippen LogP contribution >= 0.6 is 0 Å². The highest BCUT2D eigenvalue weighted by molar-refractivity contribution is 5.78. The molecule has 0 aromatic rings. The molecule has 3 heterocycles. The van der Waals surface area contributed by atoms with Gasteiger partial charge in [-0.25, -0.2) is 0 Å². The van der Waals surface area contributed by atoms with Crippen LogP contribution in [-0.2, 0) is 4.79 Å². The molecule has 0 bridgehead atoms. The molecular weight excluding hydrogens is 226 g/mol. The lowest BCUT2D eigenvalue weighted by Gasteiger charge is -2.36. The molecule has 3 saturated heterocycles. The van der Waals surface area contributed by atoms with E-state index in [0.29, 0.717) is 6.04 Å². The third-order valence-corrected chi connectivity index (χ3v) is 4.77. The predicted molar refractivity (Wildman–Crippen MR) is 71.4 cm³/mol. The van der Waals surface area contributed by atoms with Crippen molar-refractivity contribution in [2.75, 3.05) is 26.2 Å². The van der Waals surface area contributed by atoms with E-state index in [2.05, 4.69) is 15.5 Å². The molecule has 3 atom stereocenters. The Hall–Kier alpha value is -0.610. The lowest BCUT2D eigenvalue weighted by atomic mass is 9.89. The van der Waals surface area contributed by atoms with Crippen molar-refractivity contribution in [3.63, 3.8) is 0 Å². The summed E-state index contributed by atoms with van der Waals surface area (Å²) in [6, 6.07) is 1.17. The van der Waals surface area contributed by atoms with Crippen molar-refractivity contribution in [3.05, 3.63) is 0 Å². The molecule has 1 amide bonds. The monoisotopic (exact) mass is 251 g/mol. The lowest BCUT2D eigenvalue weighted by Crippen LogP contribution is -2.47. The van der Waals surface area contributed by atoms with Crippen molar-refractivity contribution in [1.29, 1.82) is 0 Å². The van der Waals surface area contributed by atoms with Gasteiger partial charge < -0.3 is 15.5 Å². The summed E-state index contributed by atoms with van der Waals surface area (Å²) in [5, 5.41) is 6.74. The smallest absolute Gasteiger partial charge is 0.220 e. The van der Waals surface area contributed by atoms with Crippen molar-refractivity contribution < 1.29 is 4.79 Å². The van der Waals surface area contributed by atoms with Crippen molar-refractivity contribution in [3.8, 4) is 0 Å². The normalized spacial score (nSPS) is 38.0. The van der Waals surface area contributed by atoms with Crippen LogP contribution in [-0.4, -0.2) is 49.1 Å². The van der Waals surface area contributed by atoms with Gasteiger partial charge in [-0.05, 0) is 51.1 Å². The number of likely N-dealkylation sites (tertiary alicyclic amines) is 1. The van der Waals surface area contributed by atoms with Gasteiger partial charge in [-0.2, -0.15) is 0 Å². The number of hydrogen-bond acceptors (Lipinski definition) is 3. The maximum atomic E-state index is 11.2. The average molecular weight is 251 g/mol. The van der Waals surface area contributed by atoms with Gasteiger partial charge in [-0.15, -0.1) is 0 Å². The molecule has 0 radical (unpaired) electrons. The highest BCUT2D eigenvalue weighted by Gasteiger charge is 2.31. The number of carbonyl (C=O) groups is 1. The van der Waals surface area contributed by atoms with E-state index < -0.39 is 0 Å². The van der Waals surface area contributed by atoms with E-state index in [4.69, 9.17) is 0 Å². The Morgan fingerprint density at radius 3 is 2.89 bits per heavy atom. The number of piperidine rings is 1. The number of hydrogen-bond donors (Lipinski definition) is 2. The zero-order valence-corrected chi connectivity index (χ0v) is 11.2. The van der Waals surface area contributed by atoms with Gasteiger partial charge in [-0.3, -0.25) is 4.79 Å². The summed E-state index contributed by atoms with van der Waals surface area (Å²) in [6.45, 7) is 4.72. The molecule has 18 heavy (non-hydrogen) atoms. The van der Waals surface area contributed by atoms with Gasteiger partial charge in [0, 0.05) is 31.6 Å². The molecule has 3 aliphatic heterocycles. The van der Waals surface area contributed by atoms with Crippen molar-refractivity contribution >= 4 is 5.91 Å². The van der Waals surface area contributed by atoms with E-state index >= 15 is 0 Å². The summed E-state index contributed by atoms with van der Waals surface area (Å²) in [4.78, 5) is 13.8. The van der Waals surface area contributed by atoms with Crippen LogP contribution in [0, 0.1) is 5.92 Å². The summed E-state index contributed by atoms with van der Waals surface area (Å²) in [7, 11) is 0. The maximum Gasteiger partial charge on any atom is 0.220 e. The highest BCUT2D eigenvalue weighted by atomic mass is 16.1. The predicted octanol–water partition coefficient (Wildman–Crippen LogP) is 0.729. The molecule has 0 aliphatic carbocycles. The molecule has 4 nitrogen and oxygen atoms in total. The van der Waals surface area contributed by atoms with Crippen LogP contribution in [0.3, 0.4) is 0 Å². The third kappa shape index (κ3) is 2.86. The first-order valence-corrected chi connectivity index (χ1v) is 7.56. The third-order valence-electron chi connectivity index (χ3n) is 4.77. The first-order chi connectivity index (χ1) is 8.81. The van der Waals surface area contributed by atoms with Crippen molar-refractivity contribution in [2.45, 2.75) is 50.6 Å². The Bertz CT molecular complexity index is 301.